The summed E-state index contributed by atoms with van der Waals surface area (Å²) in [6, 6.07) is 29.5. The van der Waals surface area contributed by atoms with E-state index in [4.69, 9.17) is 9.47 Å². The van der Waals surface area contributed by atoms with Crippen molar-refractivity contribution in [1.29, 1.82) is 0 Å². The highest BCUT2D eigenvalue weighted by atomic mass is 79.9. The van der Waals surface area contributed by atoms with Crippen LogP contribution in [0.4, 0.5) is 11.4 Å². The molecule has 4 aromatic rings. The SMILES string of the molecule is COc1ccc(C(=O)Nc2cccc(SC(C(=O)Nc3ccc(Br)cc3)c3ccccc3)c2)cc1OC. The van der Waals surface area contributed by atoms with E-state index >= 15 is 0 Å². The van der Waals surface area contributed by atoms with Crippen molar-refractivity contribution in [3.05, 3.63) is 113 Å². The van der Waals surface area contributed by atoms with E-state index in [0.29, 0.717) is 28.4 Å². The summed E-state index contributed by atoms with van der Waals surface area (Å²) < 4.78 is 11.5. The van der Waals surface area contributed by atoms with Crippen molar-refractivity contribution in [3.8, 4) is 11.5 Å². The van der Waals surface area contributed by atoms with E-state index in [2.05, 4.69) is 26.6 Å². The average molecular weight is 578 g/mol. The van der Waals surface area contributed by atoms with Gasteiger partial charge in [0.15, 0.2) is 11.5 Å². The van der Waals surface area contributed by atoms with Gasteiger partial charge in [0.2, 0.25) is 5.91 Å². The predicted molar refractivity (Wildman–Crippen MR) is 152 cm³/mol. The van der Waals surface area contributed by atoms with Gasteiger partial charge in [0.05, 0.1) is 14.2 Å². The highest BCUT2D eigenvalue weighted by Gasteiger charge is 2.22. The molecule has 37 heavy (non-hydrogen) atoms. The number of nitrogens with one attached hydrogen (secondary N) is 2. The van der Waals surface area contributed by atoms with Crippen LogP contribution in [0.25, 0.3) is 0 Å². The van der Waals surface area contributed by atoms with Gasteiger partial charge >= 0.3 is 0 Å². The second-order valence-electron chi connectivity index (χ2n) is 7.96. The van der Waals surface area contributed by atoms with Gasteiger partial charge in [-0.3, -0.25) is 9.59 Å². The number of thioether (sulfide) groups is 1. The summed E-state index contributed by atoms with van der Waals surface area (Å²) in [5.74, 6) is 0.599. The van der Waals surface area contributed by atoms with E-state index in [0.717, 1.165) is 14.9 Å². The molecule has 6 nitrogen and oxygen atoms in total. The number of hydrogen-bond donors (Lipinski definition) is 2. The molecule has 0 fully saturated rings. The van der Waals surface area contributed by atoms with Gasteiger partial charge in [-0.05, 0) is 66.2 Å². The quantitative estimate of drug-likeness (QED) is 0.206. The van der Waals surface area contributed by atoms with Gasteiger partial charge in [-0.1, -0.05) is 52.3 Å². The van der Waals surface area contributed by atoms with E-state index in [1.54, 1.807) is 25.3 Å². The van der Waals surface area contributed by atoms with Gasteiger partial charge in [0.1, 0.15) is 5.25 Å². The maximum atomic E-state index is 13.3. The van der Waals surface area contributed by atoms with Gasteiger partial charge in [-0.2, -0.15) is 0 Å². The van der Waals surface area contributed by atoms with E-state index in [1.165, 1.54) is 18.9 Å². The van der Waals surface area contributed by atoms with Crippen molar-refractivity contribution in [2.75, 3.05) is 24.9 Å². The fourth-order valence-corrected chi connectivity index (χ4v) is 4.95. The molecular formula is C29H25BrN2O4S. The van der Waals surface area contributed by atoms with Crippen molar-refractivity contribution in [3.63, 3.8) is 0 Å². The molecule has 4 aromatic carbocycles. The first-order chi connectivity index (χ1) is 18.0. The zero-order chi connectivity index (χ0) is 26.2. The smallest absolute Gasteiger partial charge is 0.255 e. The Balaban J connectivity index is 1.53. The average Bonchev–Trinajstić information content (AvgIpc) is 2.93. The summed E-state index contributed by atoms with van der Waals surface area (Å²) in [5.41, 5.74) is 2.64. The van der Waals surface area contributed by atoms with Crippen molar-refractivity contribution in [2.24, 2.45) is 0 Å². The molecule has 2 N–H and O–H groups in total. The van der Waals surface area contributed by atoms with E-state index in [1.807, 2.05) is 78.9 Å². The van der Waals surface area contributed by atoms with Crippen LogP contribution in [-0.4, -0.2) is 26.0 Å². The molecule has 0 bridgehead atoms. The van der Waals surface area contributed by atoms with Crippen LogP contribution in [0.1, 0.15) is 21.2 Å². The van der Waals surface area contributed by atoms with Gasteiger partial charge in [0, 0.05) is 26.3 Å². The highest BCUT2D eigenvalue weighted by molar-refractivity contribution is 9.10. The van der Waals surface area contributed by atoms with E-state index in [-0.39, 0.29) is 11.8 Å². The minimum Gasteiger partial charge on any atom is -0.493 e. The molecule has 0 spiro atoms. The number of rotatable bonds is 9. The molecule has 0 aromatic heterocycles. The van der Waals surface area contributed by atoms with Crippen LogP contribution in [0, 0.1) is 0 Å². The fourth-order valence-electron chi connectivity index (χ4n) is 3.61. The van der Waals surface area contributed by atoms with Crippen molar-refractivity contribution in [1.82, 2.24) is 0 Å². The fraction of sp³-hybridized carbons (Fsp3) is 0.103. The van der Waals surface area contributed by atoms with Gasteiger partial charge in [-0.15, -0.1) is 11.8 Å². The number of hydrogen-bond acceptors (Lipinski definition) is 5. The first kappa shape index (κ1) is 26.3. The summed E-state index contributed by atoms with van der Waals surface area (Å²) in [7, 11) is 3.07. The van der Waals surface area contributed by atoms with Gasteiger partial charge in [0.25, 0.3) is 5.91 Å². The van der Waals surface area contributed by atoms with Crippen LogP contribution >= 0.6 is 27.7 Å². The molecule has 0 aliphatic heterocycles. The Bertz CT molecular complexity index is 1380. The lowest BCUT2D eigenvalue weighted by molar-refractivity contribution is -0.115. The molecule has 0 heterocycles. The van der Waals surface area contributed by atoms with Crippen LogP contribution in [0.15, 0.2) is 106 Å². The largest absolute Gasteiger partial charge is 0.493 e. The van der Waals surface area contributed by atoms with Gasteiger partial charge in [-0.25, -0.2) is 0 Å². The second-order valence-corrected chi connectivity index (χ2v) is 10.1. The van der Waals surface area contributed by atoms with Crippen molar-refractivity contribution < 1.29 is 19.1 Å². The highest BCUT2D eigenvalue weighted by Crippen LogP contribution is 2.37. The number of carbonyl (C=O) groups excluding carboxylic acids is 2. The Morgan fingerprint density at radius 1 is 0.757 bits per heavy atom. The number of amides is 2. The normalized spacial score (nSPS) is 11.3. The minimum atomic E-state index is -0.498. The molecule has 2 amide bonds. The molecule has 0 radical (unpaired) electrons. The Labute approximate surface area is 228 Å². The molecule has 188 valence electrons. The molecular weight excluding hydrogens is 552 g/mol. The maximum Gasteiger partial charge on any atom is 0.255 e. The molecule has 0 saturated carbocycles. The standard InChI is InChI=1S/C29H25BrN2O4S/c1-35-25-16-11-20(17-26(25)36-2)28(33)32-23-9-6-10-24(18-23)37-27(19-7-4-3-5-8-19)29(34)31-22-14-12-21(30)13-15-22/h3-18,27H,1-2H3,(H,31,34)(H,32,33). The Kier molecular flexibility index (Phi) is 8.87. The first-order valence-corrected chi connectivity index (χ1v) is 13.1. The zero-order valence-electron chi connectivity index (χ0n) is 20.2. The third-order valence-corrected chi connectivity index (χ3v) is 7.22. The van der Waals surface area contributed by atoms with Crippen LogP contribution in [0.3, 0.4) is 0 Å². The Morgan fingerprint density at radius 3 is 2.19 bits per heavy atom. The summed E-state index contributed by atoms with van der Waals surface area (Å²) in [4.78, 5) is 27.1. The number of ether oxygens (including phenoxy) is 2. The molecule has 1 unspecified atom stereocenters. The lowest BCUT2D eigenvalue weighted by Crippen LogP contribution is -2.19. The lowest BCUT2D eigenvalue weighted by Gasteiger charge is -2.18. The maximum absolute atomic E-state index is 13.3. The third-order valence-electron chi connectivity index (χ3n) is 5.44. The summed E-state index contributed by atoms with van der Waals surface area (Å²) >= 11 is 4.83. The number of benzene rings is 4. The molecule has 1 atom stereocenters. The van der Waals surface area contributed by atoms with Gasteiger partial charge < -0.3 is 20.1 Å². The second kappa shape index (κ2) is 12.5. The van der Waals surface area contributed by atoms with E-state index in [9.17, 15) is 9.59 Å². The topological polar surface area (TPSA) is 76.7 Å². The van der Waals surface area contributed by atoms with Crippen LogP contribution < -0.4 is 20.1 Å². The third kappa shape index (κ3) is 6.93. The number of halogens is 1. The first-order valence-electron chi connectivity index (χ1n) is 11.4. The number of anilines is 2. The van der Waals surface area contributed by atoms with Crippen LogP contribution in [0.5, 0.6) is 11.5 Å². The van der Waals surface area contributed by atoms with Crippen molar-refractivity contribution >= 4 is 50.9 Å². The minimum absolute atomic E-state index is 0.140. The summed E-state index contributed by atoms with van der Waals surface area (Å²) in [5, 5.41) is 5.43. The molecule has 0 aliphatic carbocycles. The van der Waals surface area contributed by atoms with Crippen molar-refractivity contribution in [2.45, 2.75) is 10.1 Å². The number of carbonyl (C=O) groups is 2. The zero-order valence-corrected chi connectivity index (χ0v) is 22.6. The molecule has 4 rings (SSSR count). The van der Waals surface area contributed by atoms with Crippen LogP contribution in [0.2, 0.25) is 0 Å². The summed E-state index contributed by atoms with van der Waals surface area (Å²) in [6.45, 7) is 0. The van der Waals surface area contributed by atoms with E-state index < -0.39 is 5.25 Å². The molecule has 0 saturated heterocycles. The molecule has 0 aliphatic rings. The molecule has 8 heteroatoms. The monoisotopic (exact) mass is 576 g/mol. The lowest BCUT2D eigenvalue weighted by atomic mass is 10.1. The Hall–Kier alpha value is -3.75. The summed E-state index contributed by atoms with van der Waals surface area (Å²) in [6.07, 6.45) is 0. The van der Waals surface area contributed by atoms with Crippen LogP contribution in [-0.2, 0) is 4.79 Å². The number of methoxy groups -OCH3 is 2. The Morgan fingerprint density at radius 2 is 1.49 bits per heavy atom. The predicted octanol–water partition coefficient (Wildman–Crippen LogP) is 7.19.